The molecule has 0 aliphatic carbocycles. The number of carbonyl (C=O) groups is 2. The number of carbonyl (C=O) groups excluding carboxylic acids is 2. The predicted octanol–water partition coefficient (Wildman–Crippen LogP) is 4.43. The summed E-state index contributed by atoms with van der Waals surface area (Å²) in [4.78, 5) is 27.3. The van der Waals surface area contributed by atoms with E-state index in [1.807, 2.05) is 29.2 Å². The average Bonchev–Trinajstić information content (AvgIpc) is 3.25. The van der Waals surface area contributed by atoms with E-state index in [1.165, 1.54) is 17.1 Å². The SMILES string of the molecule is CCOC(=O)C1CCN(CC(=O)N2N=C(c3ccccc3Cl)CC2c2cccc(F)c2)CC1. The molecule has 8 heteroatoms. The molecule has 1 unspecified atom stereocenters. The van der Waals surface area contributed by atoms with E-state index < -0.39 is 6.04 Å². The number of amides is 1. The Balaban J connectivity index is 1.50. The van der Waals surface area contributed by atoms with Gasteiger partial charge in [0.2, 0.25) is 0 Å². The van der Waals surface area contributed by atoms with Crippen LogP contribution in [0, 0.1) is 11.7 Å². The van der Waals surface area contributed by atoms with Crippen LogP contribution in [0.1, 0.15) is 43.4 Å². The third-order valence-electron chi connectivity index (χ3n) is 6.15. The highest BCUT2D eigenvalue weighted by Crippen LogP contribution is 2.35. The molecule has 1 saturated heterocycles. The zero-order valence-corrected chi connectivity index (χ0v) is 19.3. The van der Waals surface area contributed by atoms with Gasteiger partial charge in [0.05, 0.1) is 30.8 Å². The standard InChI is InChI=1S/C25H27ClFN3O3/c1-2-33-25(32)17-10-12-29(13-11-17)16-24(31)30-23(18-6-5-7-19(27)14-18)15-22(28-30)20-8-3-4-9-21(20)26/h3-9,14,17,23H,2,10-13,15-16H2,1H3. The highest BCUT2D eigenvalue weighted by molar-refractivity contribution is 6.34. The van der Waals surface area contributed by atoms with Gasteiger partial charge >= 0.3 is 5.97 Å². The summed E-state index contributed by atoms with van der Waals surface area (Å²) >= 11 is 6.38. The smallest absolute Gasteiger partial charge is 0.309 e. The molecule has 33 heavy (non-hydrogen) atoms. The van der Waals surface area contributed by atoms with E-state index in [0.717, 1.165) is 5.56 Å². The van der Waals surface area contributed by atoms with Crippen LogP contribution in [0.4, 0.5) is 4.39 Å². The fourth-order valence-corrected chi connectivity index (χ4v) is 4.67. The molecule has 0 bridgehead atoms. The Morgan fingerprint density at radius 1 is 1.15 bits per heavy atom. The maximum Gasteiger partial charge on any atom is 0.309 e. The number of hydrogen-bond donors (Lipinski definition) is 0. The average molecular weight is 472 g/mol. The Bertz CT molecular complexity index is 1050. The van der Waals surface area contributed by atoms with Crippen molar-refractivity contribution in [3.63, 3.8) is 0 Å². The van der Waals surface area contributed by atoms with Crippen molar-refractivity contribution in [3.05, 3.63) is 70.5 Å². The van der Waals surface area contributed by atoms with Crippen LogP contribution in [0.25, 0.3) is 0 Å². The molecule has 0 spiro atoms. The highest BCUT2D eigenvalue weighted by Gasteiger charge is 2.35. The molecule has 2 aliphatic heterocycles. The highest BCUT2D eigenvalue weighted by atomic mass is 35.5. The number of halogens is 2. The molecule has 0 aromatic heterocycles. The molecule has 1 amide bonds. The minimum Gasteiger partial charge on any atom is -0.466 e. The summed E-state index contributed by atoms with van der Waals surface area (Å²) in [6, 6.07) is 13.2. The third kappa shape index (κ3) is 5.42. The van der Waals surface area contributed by atoms with Crippen molar-refractivity contribution in [2.75, 3.05) is 26.2 Å². The number of piperidine rings is 1. The van der Waals surface area contributed by atoms with E-state index in [1.54, 1.807) is 19.1 Å². The Kier molecular flexibility index (Phi) is 7.40. The van der Waals surface area contributed by atoms with E-state index in [-0.39, 0.29) is 30.2 Å². The summed E-state index contributed by atoms with van der Waals surface area (Å²) in [6.45, 7) is 3.62. The van der Waals surface area contributed by atoms with Gasteiger partial charge in [0.25, 0.3) is 5.91 Å². The van der Waals surface area contributed by atoms with Crippen molar-refractivity contribution >= 4 is 29.2 Å². The van der Waals surface area contributed by atoms with Crippen LogP contribution in [0.3, 0.4) is 0 Å². The second-order valence-corrected chi connectivity index (χ2v) is 8.75. The second kappa shape index (κ2) is 10.4. The van der Waals surface area contributed by atoms with Gasteiger partial charge in [0.1, 0.15) is 5.82 Å². The Morgan fingerprint density at radius 2 is 1.91 bits per heavy atom. The summed E-state index contributed by atoms with van der Waals surface area (Å²) < 4.78 is 19.1. The van der Waals surface area contributed by atoms with Crippen LogP contribution >= 0.6 is 11.6 Å². The summed E-state index contributed by atoms with van der Waals surface area (Å²) in [6.07, 6.45) is 1.77. The summed E-state index contributed by atoms with van der Waals surface area (Å²) in [7, 11) is 0. The van der Waals surface area contributed by atoms with Gasteiger partial charge in [-0.05, 0) is 56.6 Å². The van der Waals surface area contributed by atoms with Gasteiger partial charge in [0, 0.05) is 17.0 Å². The van der Waals surface area contributed by atoms with Crippen molar-refractivity contribution in [2.45, 2.75) is 32.2 Å². The second-order valence-electron chi connectivity index (χ2n) is 8.34. The predicted molar refractivity (Wildman–Crippen MR) is 124 cm³/mol. The molecular formula is C25H27ClFN3O3. The quantitative estimate of drug-likeness (QED) is 0.585. The molecule has 2 aromatic carbocycles. The molecule has 2 aliphatic rings. The molecule has 6 nitrogen and oxygen atoms in total. The Hall–Kier alpha value is -2.77. The van der Waals surface area contributed by atoms with Crippen molar-refractivity contribution in [2.24, 2.45) is 11.0 Å². The van der Waals surface area contributed by atoms with E-state index in [0.29, 0.717) is 55.3 Å². The molecule has 1 atom stereocenters. The van der Waals surface area contributed by atoms with Crippen LogP contribution in [-0.2, 0) is 14.3 Å². The van der Waals surface area contributed by atoms with Crippen LogP contribution in [0.15, 0.2) is 53.6 Å². The first kappa shape index (κ1) is 23.4. The largest absolute Gasteiger partial charge is 0.466 e. The van der Waals surface area contributed by atoms with Gasteiger partial charge in [-0.3, -0.25) is 14.5 Å². The zero-order valence-electron chi connectivity index (χ0n) is 18.5. The molecule has 174 valence electrons. The number of esters is 1. The summed E-state index contributed by atoms with van der Waals surface area (Å²) in [5, 5.41) is 6.66. The monoisotopic (exact) mass is 471 g/mol. The van der Waals surface area contributed by atoms with Crippen LogP contribution in [-0.4, -0.2) is 53.7 Å². The van der Waals surface area contributed by atoms with Gasteiger partial charge in [-0.15, -0.1) is 0 Å². The first-order valence-electron chi connectivity index (χ1n) is 11.2. The van der Waals surface area contributed by atoms with Crippen LogP contribution in [0.5, 0.6) is 0 Å². The maximum atomic E-state index is 14.0. The van der Waals surface area contributed by atoms with E-state index in [2.05, 4.69) is 5.10 Å². The summed E-state index contributed by atoms with van der Waals surface area (Å²) in [5.41, 5.74) is 2.16. The fourth-order valence-electron chi connectivity index (χ4n) is 4.42. The third-order valence-corrected chi connectivity index (χ3v) is 6.48. The van der Waals surface area contributed by atoms with E-state index in [4.69, 9.17) is 16.3 Å². The van der Waals surface area contributed by atoms with Gasteiger partial charge in [-0.25, -0.2) is 9.40 Å². The molecule has 0 radical (unpaired) electrons. The Morgan fingerprint density at radius 3 is 2.61 bits per heavy atom. The first-order valence-corrected chi connectivity index (χ1v) is 11.6. The van der Waals surface area contributed by atoms with Crippen LogP contribution in [0.2, 0.25) is 5.02 Å². The minimum absolute atomic E-state index is 0.118. The van der Waals surface area contributed by atoms with E-state index >= 15 is 0 Å². The lowest BCUT2D eigenvalue weighted by atomic mass is 9.97. The van der Waals surface area contributed by atoms with Crippen LogP contribution < -0.4 is 0 Å². The topological polar surface area (TPSA) is 62.2 Å². The Labute approximate surface area is 198 Å². The molecule has 2 heterocycles. The molecular weight excluding hydrogens is 445 g/mol. The van der Waals surface area contributed by atoms with Crippen molar-refractivity contribution in [1.29, 1.82) is 0 Å². The first-order chi connectivity index (χ1) is 16.0. The van der Waals surface area contributed by atoms with Crippen molar-refractivity contribution in [1.82, 2.24) is 9.91 Å². The number of ether oxygens (including phenoxy) is 1. The molecule has 0 saturated carbocycles. The lowest BCUT2D eigenvalue weighted by molar-refractivity contribution is -0.149. The van der Waals surface area contributed by atoms with Gasteiger partial charge in [0.15, 0.2) is 0 Å². The maximum absolute atomic E-state index is 14.0. The lowest BCUT2D eigenvalue weighted by Gasteiger charge is -2.31. The molecule has 2 aromatic rings. The fraction of sp³-hybridized carbons (Fsp3) is 0.400. The van der Waals surface area contributed by atoms with Gasteiger partial charge < -0.3 is 4.74 Å². The number of likely N-dealkylation sites (tertiary alicyclic amines) is 1. The number of rotatable bonds is 6. The normalized spacial score (nSPS) is 19.4. The van der Waals surface area contributed by atoms with Gasteiger partial charge in [-0.1, -0.05) is 41.9 Å². The van der Waals surface area contributed by atoms with Gasteiger partial charge in [-0.2, -0.15) is 5.10 Å². The molecule has 4 rings (SSSR count). The van der Waals surface area contributed by atoms with Crippen molar-refractivity contribution in [3.8, 4) is 0 Å². The van der Waals surface area contributed by atoms with E-state index in [9.17, 15) is 14.0 Å². The minimum atomic E-state index is -0.406. The molecule has 0 N–H and O–H groups in total. The lowest BCUT2D eigenvalue weighted by Crippen LogP contribution is -2.43. The zero-order chi connectivity index (χ0) is 23.4. The van der Waals surface area contributed by atoms with Crippen molar-refractivity contribution < 1.29 is 18.7 Å². The number of nitrogens with zero attached hydrogens (tertiary/aromatic N) is 3. The number of benzene rings is 2. The summed E-state index contributed by atoms with van der Waals surface area (Å²) in [5.74, 6) is -0.802. The molecule has 1 fully saturated rings. The number of hydrazone groups is 1. The number of hydrogen-bond acceptors (Lipinski definition) is 5.